The fourth-order valence-corrected chi connectivity index (χ4v) is 3.56. The molecule has 156 valence electrons. The SMILES string of the molecule is CC1(COS(=O)(=O)O)C=Cc2c(cc(O)c3c(=O)c(O)c(-c4ccccc4)oc23)O1. The molecular weight excluding hydrogens is 416 g/mol. The standard InChI is InChI=1S/C20H16O9S/c1-20(10-27-30(24,25)26)8-7-12-14(29-20)9-13(21)15-16(22)17(23)18(28-19(12)15)11-5-3-2-4-6-11/h2-9,21,23H,10H2,1H3,(H,24,25,26). The minimum Gasteiger partial charge on any atom is -0.507 e. The molecule has 1 aromatic heterocycles. The Hall–Kier alpha value is -3.34. The van der Waals surface area contributed by atoms with Gasteiger partial charge >= 0.3 is 10.4 Å². The Morgan fingerprint density at radius 1 is 1.17 bits per heavy atom. The monoisotopic (exact) mass is 432 g/mol. The summed E-state index contributed by atoms with van der Waals surface area (Å²) in [6.07, 6.45) is 2.98. The fraction of sp³-hybridized carbons (Fsp3) is 0.150. The van der Waals surface area contributed by atoms with Gasteiger partial charge in [-0.25, -0.2) is 4.18 Å². The van der Waals surface area contributed by atoms with Gasteiger partial charge in [-0.2, -0.15) is 8.42 Å². The van der Waals surface area contributed by atoms with Gasteiger partial charge in [0.25, 0.3) is 0 Å². The third-order valence-electron chi connectivity index (χ3n) is 4.60. The summed E-state index contributed by atoms with van der Waals surface area (Å²) in [6, 6.07) is 9.64. The molecule has 10 heteroatoms. The number of aromatic hydroxyl groups is 2. The first-order chi connectivity index (χ1) is 14.1. The Bertz CT molecular complexity index is 1340. The molecule has 0 saturated heterocycles. The molecule has 1 aliphatic rings. The maximum Gasteiger partial charge on any atom is 0.397 e. The Kier molecular flexibility index (Phi) is 4.57. The molecule has 9 nitrogen and oxygen atoms in total. The van der Waals surface area contributed by atoms with Crippen molar-refractivity contribution in [2.75, 3.05) is 6.61 Å². The molecule has 2 aromatic carbocycles. The fourth-order valence-electron chi connectivity index (χ4n) is 3.18. The Morgan fingerprint density at radius 2 is 1.87 bits per heavy atom. The summed E-state index contributed by atoms with van der Waals surface area (Å²) in [6.45, 7) is 0.969. The molecule has 0 fully saturated rings. The molecule has 1 unspecified atom stereocenters. The zero-order valence-corrected chi connectivity index (χ0v) is 16.3. The largest absolute Gasteiger partial charge is 0.507 e. The van der Waals surface area contributed by atoms with E-state index in [9.17, 15) is 23.4 Å². The molecule has 1 atom stereocenters. The second kappa shape index (κ2) is 6.87. The van der Waals surface area contributed by atoms with Crippen molar-refractivity contribution in [3.05, 3.63) is 58.3 Å². The van der Waals surface area contributed by atoms with E-state index in [0.29, 0.717) is 11.1 Å². The number of fused-ring (bicyclic) bond motifs is 3. The van der Waals surface area contributed by atoms with E-state index < -0.39 is 39.5 Å². The quantitative estimate of drug-likeness (QED) is 0.530. The van der Waals surface area contributed by atoms with E-state index in [-0.39, 0.29) is 22.5 Å². The molecule has 4 rings (SSSR count). The van der Waals surface area contributed by atoms with Gasteiger partial charge in [-0.1, -0.05) is 30.3 Å². The highest BCUT2D eigenvalue weighted by Gasteiger charge is 2.33. The number of hydrogen-bond acceptors (Lipinski definition) is 8. The lowest BCUT2D eigenvalue weighted by Crippen LogP contribution is -2.38. The van der Waals surface area contributed by atoms with Crippen molar-refractivity contribution in [3.8, 4) is 28.6 Å². The second-order valence-corrected chi connectivity index (χ2v) is 8.02. The van der Waals surface area contributed by atoms with Crippen LogP contribution in [-0.4, -0.2) is 35.4 Å². The van der Waals surface area contributed by atoms with E-state index >= 15 is 0 Å². The van der Waals surface area contributed by atoms with Crippen LogP contribution in [0.2, 0.25) is 0 Å². The molecule has 0 amide bonds. The van der Waals surface area contributed by atoms with Crippen LogP contribution in [-0.2, 0) is 14.6 Å². The minimum absolute atomic E-state index is 0.0133. The van der Waals surface area contributed by atoms with E-state index in [1.165, 1.54) is 19.1 Å². The predicted molar refractivity (Wildman–Crippen MR) is 107 cm³/mol. The third kappa shape index (κ3) is 3.52. The summed E-state index contributed by atoms with van der Waals surface area (Å²) in [5, 5.41) is 20.5. The van der Waals surface area contributed by atoms with Gasteiger partial charge in [-0.3, -0.25) is 9.35 Å². The highest BCUT2D eigenvalue weighted by atomic mass is 32.3. The molecule has 1 aliphatic heterocycles. The van der Waals surface area contributed by atoms with Gasteiger partial charge in [-0.15, -0.1) is 0 Å². The molecule has 0 bridgehead atoms. The Balaban J connectivity index is 1.89. The molecule has 2 heterocycles. The summed E-state index contributed by atoms with van der Waals surface area (Å²) in [4.78, 5) is 12.7. The molecular formula is C20H16O9S. The maximum absolute atomic E-state index is 12.7. The summed E-state index contributed by atoms with van der Waals surface area (Å²) < 4.78 is 46.5. The smallest absolute Gasteiger partial charge is 0.397 e. The van der Waals surface area contributed by atoms with Crippen molar-refractivity contribution >= 4 is 27.4 Å². The van der Waals surface area contributed by atoms with Crippen LogP contribution in [0.1, 0.15) is 12.5 Å². The van der Waals surface area contributed by atoms with E-state index in [0.717, 1.165) is 6.07 Å². The first-order valence-electron chi connectivity index (χ1n) is 8.69. The molecule has 0 radical (unpaired) electrons. The van der Waals surface area contributed by atoms with Crippen LogP contribution in [0.5, 0.6) is 17.2 Å². The van der Waals surface area contributed by atoms with Crippen LogP contribution in [0, 0.1) is 0 Å². The number of phenols is 1. The van der Waals surface area contributed by atoms with Crippen molar-refractivity contribution < 1.29 is 36.5 Å². The lowest BCUT2D eigenvalue weighted by molar-refractivity contribution is 0.0721. The van der Waals surface area contributed by atoms with E-state index in [1.807, 2.05) is 0 Å². The van der Waals surface area contributed by atoms with Crippen LogP contribution in [0.4, 0.5) is 0 Å². The first kappa shape index (κ1) is 20.0. The Morgan fingerprint density at radius 3 is 2.53 bits per heavy atom. The van der Waals surface area contributed by atoms with Crippen molar-refractivity contribution in [2.24, 2.45) is 0 Å². The molecule has 0 spiro atoms. The average Bonchev–Trinajstić information content (AvgIpc) is 2.69. The van der Waals surface area contributed by atoms with Crippen LogP contribution in [0.3, 0.4) is 0 Å². The van der Waals surface area contributed by atoms with Gasteiger partial charge in [0.15, 0.2) is 11.3 Å². The molecule has 30 heavy (non-hydrogen) atoms. The normalized spacial score (nSPS) is 18.2. The van der Waals surface area contributed by atoms with E-state index in [4.69, 9.17) is 13.7 Å². The number of rotatable bonds is 4. The van der Waals surface area contributed by atoms with Gasteiger partial charge in [0.05, 0.1) is 5.56 Å². The first-order valence-corrected chi connectivity index (χ1v) is 10.1. The van der Waals surface area contributed by atoms with E-state index in [2.05, 4.69) is 4.18 Å². The third-order valence-corrected chi connectivity index (χ3v) is 5.01. The van der Waals surface area contributed by atoms with Crippen molar-refractivity contribution in [1.29, 1.82) is 0 Å². The Labute approximate surface area is 170 Å². The molecule has 3 N–H and O–H groups in total. The zero-order chi connectivity index (χ0) is 21.7. The topological polar surface area (TPSA) is 144 Å². The number of phenolic OH excluding ortho intramolecular Hbond substituents is 1. The van der Waals surface area contributed by atoms with Crippen molar-refractivity contribution in [1.82, 2.24) is 0 Å². The summed E-state index contributed by atoms with van der Waals surface area (Å²) >= 11 is 0. The van der Waals surface area contributed by atoms with Crippen LogP contribution in [0.15, 0.2) is 51.7 Å². The summed E-state index contributed by atoms with van der Waals surface area (Å²) in [5.74, 6) is -1.11. The number of benzene rings is 2. The average molecular weight is 432 g/mol. The summed E-state index contributed by atoms with van der Waals surface area (Å²) in [7, 11) is -4.68. The predicted octanol–water partition coefficient (Wildman–Crippen LogP) is 2.85. The van der Waals surface area contributed by atoms with Crippen LogP contribution in [0.25, 0.3) is 28.4 Å². The molecule has 3 aromatic rings. The maximum atomic E-state index is 12.7. The van der Waals surface area contributed by atoms with Gasteiger partial charge in [0, 0.05) is 11.6 Å². The minimum atomic E-state index is -4.68. The zero-order valence-electron chi connectivity index (χ0n) is 15.5. The van der Waals surface area contributed by atoms with Gasteiger partial charge < -0.3 is 19.4 Å². The highest BCUT2D eigenvalue weighted by Crippen LogP contribution is 2.42. The summed E-state index contributed by atoms with van der Waals surface area (Å²) in [5.41, 5.74) is -1.35. The number of hydrogen-bond donors (Lipinski definition) is 3. The number of ether oxygens (including phenoxy) is 1. The highest BCUT2D eigenvalue weighted by molar-refractivity contribution is 7.80. The lowest BCUT2D eigenvalue weighted by atomic mass is 9.98. The van der Waals surface area contributed by atoms with Gasteiger partial charge in [0.2, 0.25) is 11.2 Å². The van der Waals surface area contributed by atoms with Gasteiger partial charge in [-0.05, 0) is 19.1 Å². The van der Waals surface area contributed by atoms with Gasteiger partial charge in [0.1, 0.15) is 29.1 Å². The lowest BCUT2D eigenvalue weighted by Gasteiger charge is -2.31. The molecule has 0 saturated carbocycles. The second-order valence-electron chi connectivity index (χ2n) is 6.92. The van der Waals surface area contributed by atoms with Crippen molar-refractivity contribution in [2.45, 2.75) is 12.5 Å². The van der Waals surface area contributed by atoms with E-state index in [1.54, 1.807) is 30.3 Å². The van der Waals surface area contributed by atoms with Crippen molar-refractivity contribution in [3.63, 3.8) is 0 Å². The van der Waals surface area contributed by atoms with Crippen LogP contribution < -0.4 is 10.2 Å². The van der Waals surface area contributed by atoms with Crippen LogP contribution >= 0.6 is 0 Å². The molecule has 0 aliphatic carbocycles.